The smallest absolute Gasteiger partial charge is 0.0258 e. The first-order valence-electron chi connectivity index (χ1n) is 9.37. The molecule has 4 rings (SSSR count). The Balaban J connectivity index is 1.72. The lowest BCUT2D eigenvalue weighted by Crippen LogP contribution is -2.55. The van der Waals surface area contributed by atoms with Crippen LogP contribution in [0.1, 0.15) is 85.5 Å². The summed E-state index contributed by atoms with van der Waals surface area (Å²) in [6.07, 6.45) is 13.9. The van der Waals surface area contributed by atoms with Gasteiger partial charge in [0.1, 0.15) is 0 Å². The van der Waals surface area contributed by atoms with E-state index in [1.165, 1.54) is 19.3 Å². The molecule has 5 unspecified atom stereocenters. The third-order valence-electron chi connectivity index (χ3n) is 8.77. The Morgan fingerprint density at radius 1 is 0.800 bits per heavy atom. The van der Waals surface area contributed by atoms with Crippen molar-refractivity contribution in [1.82, 2.24) is 0 Å². The molecule has 0 aliphatic heterocycles. The average molecular weight is 274 g/mol. The minimum absolute atomic E-state index is 0.607. The van der Waals surface area contributed by atoms with Crippen molar-refractivity contribution in [3.8, 4) is 0 Å². The van der Waals surface area contributed by atoms with Crippen LogP contribution in [0, 0.1) is 39.9 Å². The van der Waals surface area contributed by atoms with E-state index in [0.29, 0.717) is 10.8 Å². The topological polar surface area (TPSA) is 0 Å². The molecule has 0 aromatic rings. The van der Waals surface area contributed by atoms with Gasteiger partial charge in [-0.2, -0.15) is 0 Å². The van der Waals surface area contributed by atoms with Crippen molar-refractivity contribution in [3.63, 3.8) is 0 Å². The van der Waals surface area contributed by atoms with Crippen molar-refractivity contribution < 1.29 is 0 Å². The Bertz CT molecular complexity index is 404. The maximum atomic E-state index is 2.72. The highest BCUT2D eigenvalue weighted by Gasteiger charge is 2.63. The summed E-state index contributed by atoms with van der Waals surface area (Å²) in [7, 11) is 0. The van der Waals surface area contributed by atoms with Gasteiger partial charge in [0, 0.05) is 0 Å². The summed E-state index contributed by atoms with van der Waals surface area (Å²) in [4.78, 5) is 0. The summed E-state index contributed by atoms with van der Waals surface area (Å²) < 4.78 is 0. The first-order valence-corrected chi connectivity index (χ1v) is 9.37. The van der Waals surface area contributed by atoms with Crippen LogP contribution in [0.2, 0.25) is 0 Å². The third kappa shape index (κ3) is 1.60. The van der Waals surface area contributed by atoms with Crippen molar-refractivity contribution in [1.29, 1.82) is 0 Å². The minimum Gasteiger partial charge on any atom is -0.0622 e. The molecule has 0 nitrogen and oxygen atoms in total. The quantitative estimate of drug-likeness (QED) is 0.504. The fraction of sp³-hybridized carbons (Fsp3) is 1.00. The van der Waals surface area contributed by atoms with Crippen LogP contribution in [-0.2, 0) is 0 Å². The van der Waals surface area contributed by atoms with E-state index in [0.717, 1.165) is 29.1 Å². The molecule has 0 amide bonds. The van der Waals surface area contributed by atoms with E-state index in [9.17, 15) is 0 Å². The molecule has 0 heteroatoms. The zero-order valence-electron chi connectivity index (χ0n) is 14.2. The standard InChI is InChI=1S/C20H34/c1-14-12-20-11-8-16-18(2,3)9-5-10-19(16,4)17(20)7-6-15(14)13-20/h14-17H,5-13H2,1-4H3/t14-,15?,16?,17?,19?,20?/m0/s1. The number of hydrogen-bond acceptors (Lipinski definition) is 0. The lowest BCUT2D eigenvalue weighted by molar-refractivity contribution is -0.144. The molecule has 0 aromatic heterocycles. The molecule has 6 atom stereocenters. The highest BCUT2D eigenvalue weighted by Crippen LogP contribution is 2.72. The first kappa shape index (κ1) is 13.6. The maximum absolute atomic E-state index is 2.72. The molecule has 0 heterocycles. The molecular weight excluding hydrogens is 240 g/mol. The van der Waals surface area contributed by atoms with Gasteiger partial charge in [-0.1, -0.05) is 34.1 Å². The van der Waals surface area contributed by atoms with E-state index in [1.807, 2.05) is 0 Å². The normalized spacial score (nSPS) is 57.0. The molecule has 0 N–H and O–H groups in total. The highest BCUT2D eigenvalue weighted by molar-refractivity contribution is 5.12. The predicted molar refractivity (Wildman–Crippen MR) is 85.5 cm³/mol. The molecule has 2 bridgehead atoms. The fourth-order valence-corrected chi connectivity index (χ4v) is 8.12. The second-order valence-electron chi connectivity index (χ2n) is 10.1. The summed E-state index contributed by atoms with van der Waals surface area (Å²) in [5.74, 6) is 4.18. The van der Waals surface area contributed by atoms with Gasteiger partial charge in [-0.25, -0.2) is 0 Å². The molecule has 0 radical (unpaired) electrons. The first-order chi connectivity index (χ1) is 9.37. The summed E-state index contributed by atoms with van der Waals surface area (Å²) >= 11 is 0. The predicted octanol–water partition coefficient (Wildman–Crippen LogP) is 6.06. The Morgan fingerprint density at radius 2 is 1.60 bits per heavy atom. The lowest BCUT2D eigenvalue weighted by Gasteiger charge is -2.64. The Hall–Kier alpha value is 0. The van der Waals surface area contributed by atoms with Gasteiger partial charge in [0.25, 0.3) is 0 Å². The van der Waals surface area contributed by atoms with E-state index in [2.05, 4.69) is 27.7 Å². The van der Waals surface area contributed by atoms with Crippen molar-refractivity contribution in [2.75, 3.05) is 0 Å². The molecule has 4 aliphatic rings. The van der Waals surface area contributed by atoms with E-state index in [-0.39, 0.29) is 0 Å². The van der Waals surface area contributed by atoms with Gasteiger partial charge in [0.15, 0.2) is 0 Å². The molecule has 4 aliphatic carbocycles. The van der Waals surface area contributed by atoms with Gasteiger partial charge in [-0.3, -0.25) is 0 Å². The molecule has 4 fully saturated rings. The minimum atomic E-state index is 0.607. The van der Waals surface area contributed by atoms with Crippen molar-refractivity contribution in [2.45, 2.75) is 85.5 Å². The zero-order valence-corrected chi connectivity index (χ0v) is 14.2. The average Bonchev–Trinajstić information content (AvgIpc) is 2.58. The second-order valence-corrected chi connectivity index (χ2v) is 10.1. The molecule has 20 heavy (non-hydrogen) atoms. The maximum Gasteiger partial charge on any atom is -0.0258 e. The summed E-state index contributed by atoms with van der Waals surface area (Å²) in [5.41, 5.74) is 2.06. The van der Waals surface area contributed by atoms with Crippen LogP contribution in [0.25, 0.3) is 0 Å². The van der Waals surface area contributed by atoms with E-state index in [4.69, 9.17) is 0 Å². The van der Waals surface area contributed by atoms with Crippen LogP contribution in [-0.4, -0.2) is 0 Å². The van der Waals surface area contributed by atoms with Crippen LogP contribution in [0.3, 0.4) is 0 Å². The van der Waals surface area contributed by atoms with Crippen LogP contribution in [0.15, 0.2) is 0 Å². The van der Waals surface area contributed by atoms with Gasteiger partial charge >= 0.3 is 0 Å². The molecule has 4 saturated carbocycles. The lowest BCUT2D eigenvalue weighted by atomic mass is 9.41. The van der Waals surface area contributed by atoms with Crippen LogP contribution in [0.5, 0.6) is 0 Å². The second kappa shape index (κ2) is 4.05. The van der Waals surface area contributed by atoms with Gasteiger partial charge in [0.05, 0.1) is 0 Å². The van der Waals surface area contributed by atoms with Gasteiger partial charge in [-0.05, 0) is 91.3 Å². The fourth-order valence-electron chi connectivity index (χ4n) is 8.12. The summed E-state index contributed by atoms with van der Waals surface area (Å²) in [5, 5.41) is 0. The Kier molecular flexibility index (Phi) is 2.76. The monoisotopic (exact) mass is 274 g/mol. The molecular formula is C20H34. The molecule has 0 saturated heterocycles. The van der Waals surface area contributed by atoms with Crippen LogP contribution in [0.4, 0.5) is 0 Å². The van der Waals surface area contributed by atoms with Gasteiger partial charge < -0.3 is 0 Å². The zero-order chi connectivity index (χ0) is 14.2. The van der Waals surface area contributed by atoms with E-state index >= 15 is 0 Å². The van der Waals surface area contributed by atoms with Gasteiger partial charge in [0.2, 0.25) is 0 Å². The number of fused-ring (bicyclic) bond motifs is 3. The van der Waals surface area contributed by atoms with Crippen LogP contribution < -0.4 is 0 Å². The third-order valence-corrected chi connectivity index (χ3v) is 8.77. The van der Waals surface area contributed by atoms with Gasteiger partial charge in [-0.15, -0.1) is 0 Å². The molecule has 1 spiro atoms. The van der Waals surface area contributed by atoms with Crippen LogP contribution >= 0.6 is 0 Å². The molecule has 114 valence electrons. The summed E-state index contributed by atoms with van der Waals surface area (Å²) in [6.45, 7) is 10.4. The number of rotatable bonds is 0. The van der Waals surface area contributed by atoms with Crippen molar-refractivity contribution >= 4 is 0 Å². The van der Waals surface area contributed by atoms with Crippen molar-refractivity contribution in [3.05, 3.63) is 0 Å². The number of hydrogen-bond donors (Lipinski definition) is 0. The van der Waals surface area contributed by atoms with E-state index < -0.39 is 0 Å². The summed E-state index contributed by atoms with van der Waals surface area (Å²) in [6, 6.07) is 0. The Labute approximate surface area is 126 Å². The van der Waals surface area contributed by atoms with Crippen molar-refractivity contribution in [2.24, 2.45) is 39.9 Å². The highest BCUT2D eigenvalue weighted by atomic mass is 14.7. The Morgan fingerprint density at radius 3 is 2.40 bits per heavy atom. The molecule has 0 aromatic carbocycles. The van der Waals surface area contributed by atoms with E-state index in [1.54, 1.807) is 38.5 Å². The SMILES string of the molecule is C[C@H]1CC23CCC4C(C)(C)CCCC4(C)C2CCC1C3. The largest absolute Gasteiger partial charge is 0.0622 e.